The molecule has 4 nitrogen and oxygen atoms in total. The minimum absolute atomic E-state index is 0.306. The summed E-state index contributed by atoms with van der Waals surface area (Å²) in [4.78, 5) is 10.8. The molecule has 88 valence electrons. The minimum atomic E-state index is -1.18. The molecular weight excluding hydrogens is 208 g/mol. The van der Waals surface area contributed by atoms with Crippen molar-refractivity contribution < 1.29 is 19.4 Å². The smallest absolute Gasteiger partial charge is 0.118 e. The molecule has 0 spiro atoms. The Hall–Kier alpha value is -1.55. The highest BCUT2D eigenvalue weighted by Crippen LogP contribution is 2.13. The first-order valence-electron chi connectivity index (χ1n) is 5.12. The van der Waals surface area contributed by atoms with Gasteiger partial charge in [0.15, 0.2) is 0 Å². The van der Waals surface area contributed by atoms with Crippen molar-refractivity contribution in [1.29, 1.82) is 0 Å². The van der Waals surface area contributed by atoms with E-state index < -0.39 is 12.1 Å². The number of rotatable bonds is 6. The molecule has 0 fully saturated rings. The molecular formula is C12H15O4-. The zero-order chi connectivity index (χ0) is 12.0. The predicted molar refractivity (Wildman–Crippen MR) is 57.1 cm³/mol. The van der Waals surface area contributed by atoms with E-state index in [2.05, 4.69) is 0 Å². The summed E-state index contributed by atoms with van der Waals surface area (Å²) in [6, 6.07) is 7.20. The van der Waals surface area contributed by atoms with Crippen molar-refractivity contribution in [2.24, 2.45) is 0 Å². The number of hydrogen-bond acceptors (Lipinski definition) is 4. The van der Waals surface area contributed by atoms with Crippen molar-refractivity contribution in [3.05, 3.63) is 29.8 Å². The molecule has 0 N–H and O–H groups in total. The van der Waals surface area contributed by atoms with E-state index in [4.69, 9.17) is 9.47 Å². The van der Waals surface area contributed by atoms with Crippen LogP contribution in [0.2, 0.25) is 0 Å². The number of carboxylic acid groups (broad SMARTS) is 1. The molecule has 0 saturated carbocycles. The van der Waals surface area contributed by atoms with E-state index >= 15 is 0 Å². The molecule has 0 radical (unpaired) electrons. The molecule has 16 heavy (non-hydrogen) atoms. The average Bonchev–Trinajstić information content (AvgIpc) is 2.29. The second kappa shape index (κ2) is 6.12. The summed E-state index contributed by atoms with van der Waals surface area (Å²) in [5, 5.41) is 10.8. The second-order valence-electron chi connectivity index (χ2n) is 3.32. The first-order valence-corrected chi connectivity index (χ1v) is 5.12. The number of hydrogen-bond donors (Lipinski definition) is 0. The van der Waals surface area contributed by atoms with Gasteiger partial charge in [-0.15, -0.1) is 0 Å². The van der Waals surface area contributed by atoms with Crippen molar-refractivity contribution in [1.82, 2.24) is 0 Å². The zero-order valence-corrected chi connectivity index (χ0v) is 9.43. The van der Waals surface area contributed by atoms with Gasteiger partial charge in [0, 0.05) is 13.0 Å². The lowest BCUT2D eigenvalue weighted by Gasteiger charge is -2.17. The summed E-state index contributed by atoms with van der Waals surface area (Å²) < 4.78 is 10.1. The van der Waals surface area contributed by atoms with Gasteiger partial charge in [0.2, 0.25) is 0 Å². The van der Waals surface area contributed by atoms with Crippen LogP contribution in [0.5, 0.6) is 5.75 Å². The van der Waals surface area contributed by atoms with Crippen LogP contribution in [0.15, 0.2) is 24.3 Å². The number of ether oxygens (including phenoxy) is 2. The number of methoxy groups -OCH3 is 1. The van der Waals surface area contributed by atoms with Gasteiger partial charge in [0.05, 0.1) is 13.1 Å². The summed E-state index contributed by atoms with van der Waals surface area (Å²) in [5.74, 6) is -0.442. The Balaban J connectivity index is 2.65. The number of carbonyl (C=O) groups excluding carboxylic acids is 1. The first kappa shape index (κ1) is 12.5. The van der Waals surface area contributed by atoms with E-state index in [1.54, 1.807) is 26.2 Å². The van der Waals surface area contributed by atoms with Crippen LogP contribution in [-0.2, 0) is 16.0 Å². The van der Waals surface area contributed by atoms with Crippen LogP contribution in [0.1, 0.15) is 12.5 Å². The minimum Gasteiger partial charge on any atom is -0.547 e. The highest BCUT2D eigenvalue weighted by molar-refractivity contribution is 5.70. The maximum Gasteiger partial charge on any atom is 0.118 e. The lowest BCUT2D eigenvalue weighted by atomic mass is 10.1. The second-order valence-corrected chi connectivity index (χ2v) is 3.32. The van der Waals surface area contributed by atoms with E-state index in [1.165, 1.54) is 0 Å². The molecule has 0 bridgehead atoms. The fraction of sp³-hybridized carbons (Fsp3) is 0.417. The van der Waals surface area contributed by atoms with Gasteiger partial charge in [-0.2, -0.15) is 0 Å². The largest absolute Gasteiger partial charge is 0.547 e. The fourth-order valence-corrected chi connectivity index (χ4v) is 1.39. The van der Waals surface area contributed by atoms with E-state index in [0.29, 0.717) is 13.0 Å². The van der Waals surface area contributed by atoms with Crippen molar-refractivity contribution in [2.75, 3.05) is 13.7 Å². The molecule has 0 unspecified atom stereocenters. The van der Waals surface area contributed by atoms with Gasteiger partial charge < -0.3 is 19.4 Å². The Bertz CT molecular complexity index is 331. The lowest BCUT2D eigenvalue weighted by molar-refractivity contribution is -0.316. The van der Waals surface area contributed by atoms with Crippen molar-refractivity contribution in [3.8, 4) is 5.75 Å². The number of carboxylic acids is 1. The molecule has 0 heterocycles. The van der Waals surface area contributed by atoms with Crippen molar-refractivity contribution in [3.63, 3.8) is 0 Å². The summed E-state index contributed by atoms with van der Waals surface area (Å²) in [6.07, 6.45) is -0.585. The predicted octanol–water partition coefficient (Wildman–Crippen LogP) is 0.393. The molecule has 0 amide bonds. The van der Waals surface area contributed by atoms with Crippen LogP contribution < -0.4 is 9.84 Å². The van der Waals surface area contributed by atoms with Crippen molar-refractivity contribution in [2.45, 2.75) is 19.4 Å². The summed E-state index contributed by atoms with van der Waals surface area (Å²) in [6.45, 7) is 2.11. The van der Waals surface area contributed by atoms with Gasteiger partial charge in [-0.05, 0) is 24.6 Å². The SMILES string of the molecule is CCO[C@@H](Cc1ccc(OC)cc1)C(=O)[O-]. The van der Waals surface area contributed by atoms with Crippen LogP contribution in [0.4, 0.5) is 0 Å². The Morgan fingerprint density at radius 1 is 1.38 bits per heavy atom. The molecule has 1 atom stereocenters. The topological polar surface area (TPSA) is 58.6 Å². The first-order chi connectivity index (χ1) is 7.67. The van der Waals surface area contributed by atoms with Crippen LogP contribution in [0.3, 0.4) is 0 Å². The molecule has 0 aliphatic rings. The van der Waals surface area contributed by atoms with E-state index in [-0.39, 0.29) is 0 Å². The number of carbonyl (C=O) groups is 1. The molecule has 4 heteroatoms. The van der Waals surface area contributed by atoms with Crippen LogP contribution in [0.25, 0.3) is 0 Å². The maximum atomic E-state index is 10.8. The van der Waals surface area contributed by atoms with E-state index in [9.17, 15) is 9.90 Å². The summed E-state index contributed by atoms with van der Waals surface area (Å²) >= 11 is 0. The highest BCUT2D eigenvalue weighted by atomic mass is 16.5. The molecule has 0 aliphatic heterocycles. The lowest BCUT2D eigenvalue weighted by Crippen LogP contribution is -2.39. The fourth-order valence-electron chi connectivity index (χ4n) is 1.39. The van der Waals surface area contributed by atoms with Crippen LogP contribution >= 0.6 is 0 Å². The molecule has 0 aliphatic carbocycles. The van der Waals surface area contributed by atoms with Gasteiger partial charge >= 0.3 is 0 Å². The Morgan fingerprint density at radius 2 is 2.00 bits per heavy atom. The monoisotopic (exact) mass is 223 g/mol. The summed E-state index contributed by atoms with van der Waals surface area (Å²) in [7, 11) is 1.58. The Labute approximate surface area is 94.8 Å². The van der Waals surface area contributed by atoms with Gasteiger partial charge in [-0.1, -0.05) is 12.1 Å². The maximum absolute atomic E-state index is 10.8. The standard InChI is InChI=1S/C12H16O4/c1-3-16-11(12(13)14)8-9-4-6-10(15-2)7-5-9/h4-7,11H,3,8H2,1-2H3,(H,13,14)/p-1/t11-/m0/s1. The van der Waals surface area contributed by atoms with Crippen LogP contribution in [0, 0.1) is 0 Å². The molecule has 1 aromatic carbocycles. The van der Waals surface area contributed by atoms with E-state index in [1.807, 2.05) is 12.1 Å². The zero-order valence-electron chi connectivity index (χ0n) is 9.43. The quantitative estimate of drug-likeness (QED) is 0.700. The molecule has 0 aromatic heterocycles. The molecule has 0 saturated heterocycles. The highest BCUT2D eigenvalue weighted by Gasteiger charge is 2.10. The third-order valence-electron chi connectivity index (χ3n) is 2.21. The Morgan fingerprint density at radius 3 is 2.44 bits per heavy atom. The average molecular weight is 223 g/mol. The van der Waals surface area contributed by atoms with E-state index in [0.717, 1.165) is 11.3 Å². The molecule has 1 rings (SSSR count). The normalized spacial score (nSPS) is 12.1. The molecule has 1 aromatic rings. The van der Waals surface area contributed by atoms with Gasteiger partial charge in [0.1, 0.15) is 11.9 Å². The summed E-state index contributed by atoms with van der Waals surface area (Å²) in [5.41, 5.74) is 0.878. The van der Waals surface area contributed by atoms with Gasteiger partial charge in [-0.25, -0.2) is 0 Å². The van der Waals surface area contributed by atoms with Gasteiger partial charge in [0.25, 0.3) is 0 Å². The third kappa shape index (κ3) is 3.55. The van der Waals surface area contributed by atoms with Gasteiger partial charge in [-0.3, -0.25) is 0 Å². The third-order valence-corrected chi connectivity index (χ3v) is 2.21. The van der Waals surface area contributed by atoms with Crippen LogP contribution in [-0.4, -0.2) is 25.8 Å². The number of benzene rings is 1. The Kier molecular flexibility index (Phi) is 4.79. The van der Waals surface area contributed by atoms with Crippen molar-refractivity contribution >= 4 is 5.97 Å². The number of aliphatic carboxylic acids is 1.